The molecule has 0 atom stereocenters. The van der Waals surface area contributed by atoms with Crippen LogP contribution in [0.3, 0.4) is 0 Å². The largest absolute Gasteiger partial charge is 0.507 e. The molecule has 12 nitrogen and oxygen atoms in total. The normalized spacial score (nSPS) is 11.3. The summed E-state index contributed by atoms with van der Waals surface area (Å²) in [5, 5.41) is 41.8. The van der Waals surface area contributed by atoms with Crippen molar-refractivity contribution in [3.63, 3.8) is 0 Å². The van der Waals surface area contributed by atoms with E-state index in [9.17, 15) is 30.0 Å². The molecule has 0 heterocycles. The zero-order valence-electron chi connectivity index (χ0n) is 39.4. The van der Waals surface area contributed by atoms with Crippen LogP contribution in [0, 0.1) is 55.4 Å². The molecule has 0 bridgehead atoms. The summed E-state index contributed by atoms with van der Waals surface area (Å²) in [6.45, 7) is 14.3. The number of aromatic hydroxyl groups is 4. The van der Waals surface area contributed by atoms with Crippen molar-refractivity contribution in [3.05, 3.63) is 175 Å². The Balaban J connectivity index is 0.883. The van der Waals surface area contributed by atoms with Gasteiger partial charge in [0.1, 0.15) is 34.5 Å². The molecule has 0 aliphatic rings. The Labute approximate surface area is 392 Å². The van der Waals surface area contributed by atoms with Gasteiger partial charge in [-0.05, 0) is 164 Å². The molecule has 0 amide bonds. The first-order valence-corrected chi connectivity index (χ1v) is 22.1. The maximum atomic E-state index is 12.4. The molecule has 0 aliphatic heterocycles. The molecule has 0 aromatic heterocycles. The van der Waals surface area contributed by atoms with Crippen molar-refractivity contribution in [2.45, 2.75) is 73.6 Å². The minimum Gasteiger partial charge on any atom is -0.507 e. The average Bonchev–Trinajstić information content (AvgIpc) is 3.29. The van der Waals surface area contributed by atoms with E-state index in [4.69, 9.17) is 28.4 Å². The Morgan fingerprint density at radius 1 is 0.403 bits per heavy atom. The Morgan fingerprint density at radius 2 is 0.657 bits per heavy atom. The number of rotatable bonds is 20. The highest BCUT2D eigenvalue weighted by Crippen LogP contribution is 2.40. The van der Waals surface area contributed by atoms with Gasteiger partial charge in [0.15, 0.2) is 26.8 Å². The Bertz CT molecular complexity index is 2300. The molecule has 12 heteroatoms. The Hall–Kier alpha value is -7.02. The van der Waals surface area contributed by atoms with Gasteiger partial charge >= 0.3 is 11.9 Å². The van der Waals surface area contributed by atoms with E-state index in [0.717, 1.165) is 77.9 Å². The van der Waals surface area contributed by atoms with Gasteiger partial charge in [0, 0.05) is 11.8 Å². The topological polar surface area (TPSA) is 170 Å². The number of phenolic OH excluding ortho intramolecular Hbond substituents is 4. The fourth-order valence-corrected chi connectivity index (χ4v) is 8.26. The van der Waals surface area contributed by atoms with Gasteiger partial charge in [-0.3, -0.25) is 0 Å². The number of benzene rings is 6. The van der Waals surface area contributed by atoms with E-state index in [1.54, 1.807) is 24.3 Å². The van der Waals surface area contributed by atoms with Crippen LogP contribution in [0.1, 0.15) is 96.1 Å². The molecule has 0 fully saturated rings. The lowest BCUT2D eigenvalue weighted by molar-refractivity contribution is -0.160. The van der Waals surface area contributed by atoms with Crippen LogP contribution in [0.25, 0.3) is 0 Å². The molecular formula is C55H60O12. The molecule has 0 radical (unpaired) electrons. The summed E-state index contributed by atoms with van der Waals surface area (Å²) < 4.78 is 32.4. The molecule has 6 aromatic carbocycles. The van der Waals surface area contributed by atoms with Crippen LogP contribution in [0.2, 0.25) is 0 Å². The molecule has 352 valence electrons. The third-order valence-electron chi connectivity index (χ3n) is 11.7. The minimum absolute atomic E-state index is 0.189. The highest BCUT2D eigenvalue weighted by molar-refractivity contribution is 5.71. The number of aryl methyl sites for hydroxylation is 8. The van der Waals surface area contributed by atoms with Gasteiger partial charge in [0.05, 0.1) is 13.2 Å². The first-order valence-electron chi connectivity index (χ1n) is 22.1. The van der Waals surface area contributed by atoms with E-state index in [1.165, 1.54) is 0 Å². The van der Waals surface area contributed by atoms with Crippen molar-refractivity contribution < 1.29 is 58.4 Å². The number of hydrogen-bond donors (Lipinski definition) is 4. The van der Waals surface area contributed by atoms with Crippen LogP contribution in [0.15, 0.2) is 97.1 Å². The van der Waals surface area contributed by atoms with E-state index >= 15 is 0 Å². The second-order valence-electron chi connectivity index (χ2n) is 17.0. The summed E-state index contributed by atoms with van der Waals surface area (Å²) in [5.41, 5.74) is 12.1. The number of carbonyl (C=O) groups excluding carboxylic acids is 2. The number of hydrogen-bond acceptors (Lipinski definition) is 12. The second kappa shape index (κ2) is 22.4. The van der Waals surface area contributed by atoms with Crippen molar-refractivity contribution in [1.29, 1.82) is 0 Å². The predicted octanol–water partition coefficient (Wildman–Crippen LogP) is 10.2. The van der Waals surface area contributed by atoms with Crippen LogP contribution < -0.4 is 9.47 Å². The van der Waals surface area contributed by atoms with Crippen LogP contribution in [0.5, 0.6) is 34.5 Å². The molecule has 67 heavy (non-hydrogen) atoms. The zero-order chi connectivity index (χ0) is 48.4. The van der Waals surface area contributed by atoms with E-state index in [1.807, 2.05) is 128 Å². The van der Waals surface area contributed by atoms with Gasteiger partial charge in [-0.15, -0.1) is 0 Å². The third kappa shape index (κ3) is 12.7. The smallest absolute Gasteiger partial charge is 0.346 e. The van der Waals surface area contributed by atoms with Crippen molar-refractivity contribution in [2.75, 3.05) is 40.0 Å². The lowest BCUT2D eigenvalue weighted by atomic mass is 9.82. The summed E-state index contributed by atoms with van der Waals surface area (Å²) in [5.74, 6) is 0.424. The van der Waals surface area contributed by atoms with Gasteiger partial charge < -0.3 is 48.8 Å². The van der Waals surface area contributed by atoms with E-state index in [0.29, 0.717) is 17.9 Å². The minimum atomic E-state index is -0.601. The molecule has 0 spiro atoms. The summed E-state index contributed by atoms with van der Waals surface area (Å²) >= 11 is 0. The first kappa shape index (κ1) is 49.4. The predicted molar refractivity (Wildman–Crippen MR) is 255 cm³/mol. The molecule has 0 saturated carbocycles. The third-order valence-corrected chi connectivity index (χ3v) is 11.7. The van der Waals surface area contributed by atoms with Crippen molar-refractivity contribution in [1.82, 2.24) is 0 Å². The number of esters is 2. The molecular weight excluding hydrogens is 853 g/mol. The van der Waals surface area contributed by atoms with Crippen LogP contribution in [0.4, 0.5) is 0 Å². The van der Waals surface area contributed by atoms with Crippen LogP contribution in [-0.2, 0) is 28.5 Å². The Kier molecular flexibility index (Phi) is 16.6. The highest BCUT2D eigenvalue weighted by atomic mass is 16.7. The summed E-state index contributed by atoms with van der Waals surface area (Å²) in [7, 11) is 0. The van der Waals surface area contributed by atoms with Crippen molar-refractivity contribution in [3.8, 4) is 34.5 Å². The highest BCUT2D eigenvalue weighted by Gasteiger charge is 2.23. The summed E-state index contributed by atoms with van der Waals surface area (Å²) in [6.07, 6.45) is 0.460. The molecule has 4 N–H and O–H groups in total. The molecule has 0 saturated heterocycles. The van der Waals surface area contributed by atoms with E-state index in [2.05, 4.69) is 0 Å². The van der Waals surface area contributed by atoms with Gasteiger partial charge in [-0.2, -0.15) is 0 Å². The van der Waals surface area contributed by atoms with Gasteiger partial charge in [-0.1, -0.05) is 72.8 Å². The fourth-order valence-electron chi connectivity index (χ4n) is 8.26. The van der Waals surface area contributed by atoms with Gasteiger partial charge in [-0.25, -0.2) is 9.59 Å². The monoisotopic (exact) mass is 912 g/mol. The first-order chi connectivity index (χ1) is 32.0. The Morgan fingerprint density at radius 3 is 0.910 bits per heavy atom. The second-order valence-corrected chi connectivity index (χ2v) is 17.0. The van der Waals surface area contributed by atoms with Gasteiger partial charge in [0.2, 0.25) is 0 Å². The zero-order valence-corrected chi connectivity index (χ0v) is 39.4. The lowest BCUT2D eigenvalue weighted by Gasteiger charge is -2.22. The number of phenols is 4. The van der Waals surface area contributed by atoms with Crippen LogP contribution >= 0.6 is 0 Å². The number of ether oxygens (including phenoxy) is 6. The molecule has 0 unspecified atom stereocenters. The van der Waals surface area contributed by atoms with Crippen molar-refractivity contribution >= 4 is 11.9 Å². The number of carbonyl (C=O) groups is 2. The molecule has 6 aromatic rings. The van der Waals surface area contributed by atoms with Crippen molar-refractivity contribution in [2.24, 2.45) is 0 Å². The summed E-state index contributed by atoms with van der Waals surface area (Å²) in [6, 6.07) is 30.6. The average molecular weight is 913 g/mol. The molecule has 0 aliphatic carbocycles. The van der Waals surface area contributed by atoms with Gasteiger partial charge in [0.25, 0.3) is 0 Å². The standard InChI is InChI=1S/C55H60O12/c1-32-20-42(21-33(2)52(32)58)50(43-22-34(3)53(59)35(4)23-43)40-10-14-46(15-11-40)64-28-48(56)66-30-62-18-9-19-63-31-67-49(57)29-65-47-16-12-41(13-17-47)51(44-24-36(5)54(60)37(6)25-44)45-26-38(7)55(61)39(8)27-45/h10-17,20-27,50-51,58-61H,9,18-19,28-31H2,1-8H3. The maximum Gasteiger partial charge on any atom is 0.346 e. The quantitative estimate of drug-likeness (QED) is 0.0248. The van der Waals surface area contributed by atoms with E-state index in [-0.39, 0.29) is 74.8 Å². The lowest BCUT2D eigenvalue weighted by Crippen LogP contribution is -2.18. The fraction of sp³-hybridized carbons (Fsp3) is 0.309. The van der Waals surface area contributed by atoms with E-state index < -0.39 is 11.9 Å². The maximum absolute atomic E-state index is 12.4. The molecule has 6 rings (SSSR count). The van der Waals surface area contributed by atoms with Crippen LogP contribution in [-0.4, -0.2) is 72.4 Å². The SMILES string of the molecule is Cc1cc(C(c2ccc(OCC(=O)OCOCCCOCOC(=O)COc3ccc(C(c4cc(C)c(O)c(C)c4)c4cc(C)c(O)c(C)c4)cc3)cc2)c2cc(C)c(O)c(C)c2)cc(C)c1O. The summed E-state index contributed by atoms with van der Waals surface area (Å²) in [4.78, 5) is 24.7.